The molecule has 2 aromatic heterocycles. The van der Waals surface area contributed by atoms with Crippen molar-refractivity contribution < 1.29 is 17.5 Å². The normalized spacial score (nSPS) is 16.1. The zero-order valence-corrected chi connectivity index (χ0v) is 22.1. The van der Waals surface area contributed by atoms with Crippen LogP contribution in [0.4, 0.5) is 15.9 Å². The number of nitrogens with zero attached hydrogens (tertiary/aromatic N) is 5. The van der Waals surface area contributed by atoms with Gasteiger partial charge in [0.25, 0.3) is 0 Å². The Morgan fingerprint density at radius 1 is 1.11 bits per heavy atom. The summed E-state index contributed by atoms with van der Waals surface area (Å²) in [6, 6.07) is 6.95. The Bertz CT molecular complexity index is 1350. The first-order valence-corrected chi connectivity index (χ1v) is 14.2. The molecule has 11 heteroatoms. The number of imidazole rings is 1. The summed E-state index contributed by atoms with van der Waals surface area (Å²) in [4.78, 5) is 13.4. The van der Waals surface area contributed by atoms with Crippen LogP contribution in [-0.2, 0) is 29.4 Å². The molecule has 0 amide bonds. The van der Waals surface area contributed by atoms with E-state index >= 15 is 0 Å². The maximum atomic E-state index is 14.7. The van der Waals surface area contributed by atoms with Gasteiger partial charge in [0.15, 0.2) is 11.6 Å². The second kappa shape index (κ2) is 10.7. The molecule has 0 saturated carbocycles. The van der Waals surface area contributed by atoms with Crippen molar-refractivity contribution in [3.05, 3.63) is 59.6 Å². The second-order valence-corrected chi connectivity index (χ2v) is 11.3. The summed E-state index contributed by atoms with van der Waals surface area (Å²) in [6.45, 7) is 5.56. The summed E-state index contributed by atoms with van der Waals surface area (Å²) >= 11 is 0. The van der Waals surface area contributed by atoms with E-state index in [1.54, 1.807) is 31.2 Å². The highest BCUT2D eigenvalue weighted by Crippen LogP contribution is 2.29. The Morgan fingerprint density at radius 2 is 1.89 bits per heavy atom. The van der Waals surface area contributed by atoms with E-state index in [1.807, 2.05) is 11.1 Å². The highest BCUT2D eigenvalue weighted by atomic mass is 32.2. The maximum Gasteiger partial charge on any atom is 0.242 e. The molecular formula is C26H33FN6O3S. The van der Waals surface area contributed by atoms with Crippen LogP contribution in [0, 0.1) is 12.7 Å². The fourth-order valence-electron chi connectivity index (χ4n) is 5.04. The number of halogens is 1. The first kappa shape index (κ1) is 25.5. The van der Waals surface area contributed by atoms with Gasteiger partial charge in [-0.3, -0.25) is 0 Å². The Hall–Kier alpha value is -3.18. The summed E-state index contributed by atoms with van der Waals surface area (Å²) < 4.78 is 50.6. The van der Waals surface area contributed by atoms with Gasteiger partial charge in [0.05, 0.1) is 18.5 Å². The molecule has 0 atom stereocenters. The maximum absolute atomic E-state index is 14.7. The van der Waals surface area contributed by atoms with E-state index in [1.165, 1.54) is 13.3 Å². The Labute approximate surface area is 217 Å². The number of hydrogen-bond donors (Lipinski definition) is 1. The smallest absolute Gasteiger partial charge is 0.242 e. The second-order valence-electron chi connectivity index (χ2n) is 9.52. The van der Waals surface area contributed by atoms with E-state index in [0.717, 1.165) is 37.3 Å². The molecule has 2 aliphatic rings. The first-order chi connectivity index (χ1) is 17.9. The van der Waals surface area contributed by atoms with Crippen LogP contribution in [0.3, 0.4) is 0 Å². The van der Waals surface area contributed by atoms with Crippen LogP contribution in [-0.4, -0.2) is 62.8 Å². The summed E-state index contributed by atoms with van der Waals surface area (Å²) in [5.41, 5.74) is 2.07. The van der Waals surface area contributed by atoms with Gasteiger partial charge in [-0.1, -0.05) is 6.07 Å². The number of ether oxygens (including phenoxy) is 1. The topological polar surface area (TPSA) is 92.6 Å². The monoisotopic (exact) mass is 528 g/mol. The van der Waals surface area contributed by atoms with E-state index in [-0.39, 0.29) is 23.0 Å². The highest BCUT2D eigenvalue weighted by molar-refractivity contribution is 7.89. The molecule has 0 aliphatic carbocycles. The minimum absolute atomic E-state index is 0.178. The lowest BCUT2D eigenvalue weighted by atomic mass is 10.2. The Morgan fingerprint density at radius 3 is 2.62 bits per heavy atom. The molecular weight excluding hydrogens is 495 g/mol. The van der Waals surface area contributed by atoms with Gasteiger partial charge in [0.2, 0.25) is 10.0 Å². The number of aryl methyl sites for hydroxylation is 3. The van der Waals surface area contributed by atoms with Crippen molar-refractivity contribution in [3.63, 3.8) is 0 Å². The van der Waals surface area contributed by atoms with E-state index in [0.29, 0.717) is 49.7 Å². The van der Waals surface area contributed by atoms with Gasteiger partial charge in [0.1, 0.15) is 16.5 Å². The van der Waals surface area contributed by atoms with Crippen molar-refractivity contribution in [1.82, 2.24) is 19.3 Å². The molecule has 0 spiro atoms. The SMILES string of the molecule is COc1cccc(N2CCN(c3cc(C)c(S(=O)(=O)NCCc4cn5c(n4)CCCC5)cn3)CC2)c1F. The number of rotatable bonds is 8. The van der Waals surface area contributed by atoms with Crippen LogP contribution in [0.15, 0.2) is 41.6 Å². The molecule has 1 fully saturated rings. The molecule has 0 unspecified atom stereocenters. The molecule has 37 heavy (non-hydrogen) atoms. The van der Waals surface area contributed by atoms with Crippen LogP contribution in [0.5, 0.6) is 5.75 Å². The number of sulfonamides is 1. The van der Waals surface area contributed by atoms with Crippen molar-refractivity contribution in [2.24, 2.45) is 0 Å². The quantitative estimate of drug-likeness (QED) is 0.481. The third-order valence-electron chi connectivity index (χ3n) is 7.08. The summed E-state index contributed by atoms with van der Waals surface area (Å²) in [5.74, 6) is 1.67. The molecule has 198 valence electrons. The molecule has 0 radical (unpaired) electrons. The number of nitrogens with one attached hydrogen (secondary N) is 1. The van der Waals surface area contributed by atoms with E-state index in [2.05, 4.69) is 24.2 Å². The highest BCUT2D eigenvalue weighted by Gasteiger charge is 2.24. The number of benzene rings is 1. The van der Waals surface area contributed by atoms with E-state index in [9.17, 15) is 12.8 Å². The van der Waals surface area contributed by atoms with Crippen molar-refractivity contribution in [2.45, 2.75) is 44.0 Å². The first-order valence-electron chi connectivity index (χ1n) is 12.7. The number of fused-ring (bicyclic) bond motifs is 1. The third kappa shape index (κ3) is 5.42. The van der Waals surface area contributed by atoms with Crippen molar-refractivity contribution in [3.8, 4) is 5.75 Å². The molecule has 2 aliphatic heterocycles. The van der Waals surface area contributed by atoms with Gasteiger partial charge >= 0.3 is 0 Å². The Balaban J connectivity index is 1.19. The minimum atomic E-state index is -3.69. The predicted octanol–water partition coefficient (Wildman–Crippen LogP) is 2.92. The average molecular weight is 529 g/mol. The molecule has 3 aromatic rings. The van der Waals surface area contributed by atoms with Crippen LogP contribution >= 0.6 is 0 Å². The molecule has 1 aromatic carbocycles. The van der Waals surface area contributed by atoms with Crippen LogP contribution in [0.2, 0.25) is 0 Å². The van der Waals surface area contributed by atoms with Crippen LogP contribution < -0.4 is 19.3 Å². The molecule has 1 N–H and O–H groups in total. The fourth-order valence-corrected chi connectivity index (χ4v) is 6.24. The van der Waals surface area contributed by atoms with Gasteiger partial charge in [-0.15, -0.1) is 0 Å². The number of piperazine rings is 1. The molecule has 1 saturated heterocycles. The standard InChI is InChI=1S/C26H33FN6O3S/c1-19-16-25(32-14-12-31(13-15-32)21-6-5-7-22(36-2)26(21)27)28-17-23(19)37(34,35)29-10-9-20-18-33-11-4-3-8-24(33)30-20/h5-7,16-18,29H,3-4,8-15H2,1-2H3. The molecule has 9 nitrogen and oxygen atoms in total. The van der Waals surface area contributed by atoms with Gasteiger partial charge in [-0.25, -0.2) is 27.5 Å². The zero-order chi connectivity index (χ0) is 26.0. The molecule has 4 heterocycles. The summed E-state index contributed by atoms with van der Waals surface area (Å²) in [5, 5.41) is 0. The van der Waals surface area contributed by atoms with Gasteiger partial charge in [-0.05, 0) is 43.5 Å². The van der Waals surface area contributed by atoms with Crippen molar-refractivity contribution in [1.29, 1.82) is 0 Å². The third-order valence-corrected chi connectivity index (χ3v) is 8.67. The Kier molecular flexibility index (Phi) is 7.34. The van der Waals surface area contributed by atoms with Gasteiger partial charge in [-0.2, -0.15) is 0 Å². The predicted molar refractivity (Wildman–Crippen MR) is 140 cm³/mol. The average Bonchev–Trinajstić information content (AvgIpc) is 3.31. The van der Waals surface area contributed by atoms with Crippen molar-refractivity contribution in [2.75, 3.05) is 49.6 Å². The van der Waals surface area contributed by atoms with Crippen molar-refractivity contribution >= 4 is 21.5 Å². The van der Waals surface area contributed by atoms with E-state index < -0.39 is 10.0 Å². The molecule has 0 bridgehead atoms. The fraction of sp³-hybridized carbons (Fsp3) is 0.462. The number of aromatic nitrogens is 3. The summed E-state index contributed by atoms with van der Waals surface area (Å²) in [6.07, 6.45) is 7.30. The lowest BCUT2D eigenvalue weighted by Crippen LogP contribution is -2.47. The van der Waals surface area contributed by atoms with Crippen LogP contribution in [0.25, 0.3) is 0 Å². The van der Waals surface area contributed by atoms with E-state index in [4.69, 9.17) is 4.74 Å². The largest absolute Gasteiger partial charge is 0.494 e. The minimum Gasteiger partial charge on any atom is -0.494 e. The lowest BCUT2D eigenvalue weighted by Gasteiger charge is -2.37. The number of pyridine rings is 1. The van der Waals surface area contributed by atoms with Gasteiger partial charge < -0.3 is 19.1 Å². The number of methoxy groups -OCH3 is 1. The zero-order valence-electron chi connectivity index (χ0n) is 21.3. The lowest BCUT2D eigenvalue weighted by molar-refractivity contribution is 0.386. The van der Waals surface area contributed by atoms with Crippen LogP contribution in [0.1, 0.15) is 29.9 Å². The summed E-state index contributed by atoms with van der Waals surface area (Å²) in [7, 11) is -2.24. The number of anilines is 2. The van der Waals surface area contributed by atoms with Gasteiger partial charge in [0, 0.05) is 64.5 Å². The number of hydrogen-bond acceptors (Lipinski definition) is 7. The molecule has 5 rings (SSSR count).